The smallest absolute Gasteiger partial charge is 0.240 e. The van der Waals surface area contributed by atoms with Gasteiger partial charge in [-0.25, -0.2) is 5.43 Å². The summed E-state index contributed by atoms with van der Waals surface area (Å²) >= 11 is 0. The van der Waals surface area contributed by atoms with Gasteiger partial charge in [0, 0.05) is 6.42 Å². The van der Waals surface area contributed by atoms with Crippen LogP contribution in [0.1, 0.15) is 12.8 Å². The molecule has 1 fully saturated rings. The van der Waals surface area contributed by atoms with E-state index in [0.29, 0.717) is 12.1 Å². The highest BCUT2D eigenvalue weighted by Crippen LogP contribution is 2.24. The van der Waals surface area contributed by atoms with Crippen molar-refractivity contribution >= 4 is 11.6 Å². The maximum atomic E-state index is 10.9. The van der Waals surface area contributed by atoms with E-state index in [0.717, 1.165) is 0 Å². The summed E-state index contributed by atoms with van der Waals surface area (Å²) in [6.45, 7) is -0.367. The summed E-state index contributed by atoms with van der Waals surface area (Å²) in [5.74, 6) is -0.185. The number of hydrogen-bond acceptors (Lipinski definition) is 6. The molecule has 0 unspecified atom stereocenters. The fourth-order valence-electron chi connectivity index (χ4n) is 1.87. The molecule has 2 aliphatic rings. The highest BCUT2D eigenvalue weighted by molar-refractivity contribution is 5.95. The lowest BCUT2D eigenvalue weighted by atomic mass is 10.0. The molecule has 0 aromatic carbocycles. The predicted octanol–water partition coefficient (Wildman–Crippen LogP) is -2.27. The predicted molar refractivity (Wildman–Crippen MR) is 52.6 cm³/mol. The second-order valence-corrected chi connectivity index (χ2v) is 3.90. The molecule has 0 saturated carbocycles. The van der Waals surface area contributed by atoms with Gasteiger partial charge in [-0.3, -0.25) is 4.79 Å². The number of hydrogen-bond donors (Lipinski definition) is 4. The zero-order chi connectivity index (χ0) is 11.7. The molecule has 1 saturated heterocycles. The molecule has 4 atom stereocenters. The van der Waals surface area contributed by atoms with Gasteiger partial charge in [-0.1, -0.05) is 0 Å². The summed E-state index contributed by atoms with van der Waals surface area (Å²) in [5.41, 5.74) is 2.78. The molecule has 1 amide bonds. The number of nitrogens with zero attached hydrogens (tertiary/aromatic N) is 1. The monoisotopic (exact) mass is 230 g/mol. The summed E-state index contributed by atoms with van der Waals surface area (Å²) in [4.78, 5) is 10.9. The lowest BCUT2D eigenvalue weighted by Crippen LogP contribution is -2.40. The summed E-state index contributed by atoms with van der Waals surface area (Å²) in [6.07, 6.45) is -3.14. The van der Waals surface area contributed by atoms with Gasteiger partial charge in [-0.15, -0.1) is 0 Å². The van der Waals surface area contributed by atoms with Crippen LogP contribution in [0.25, 0.3) is 0 Å². The Hall–Kier alpha value is -1.02. The molecule has 16 heavy (non-hydrogen) atoms. The zero-order valence-electron chi connectivity index (χ0n) is 8.54. The minimum atomic E-state index is -1.13. The number of aliphatic hydroxyl groups is 3. The number of amides is 1. The molecule has 4 N–H and O–H groups in total. The van der Waals surface area contributed by atoms with Crippen LogP contribution in [0.4, 0.5) is 0 Å². The van der Waals surface area contributed by atoms with Crippen LogP contribution < -0.4 is 5.43 Å². The van der Waals surface area contributed by atoms with Crippen molar-refractivity contribution < 1.29 is 24.9 Å². The fourth-order valence-corrected chi connectivity index (χ4v) is 1.87. The van der Waals surface area contributed by atoms with Gasteiger partial charge in [-0.2, -0.15) is 5.10 Å². The molecule has 0 spiro atoms. The van der Waals surface area contributed by atoms with Crippen molar-refractivity contribution in [2.45, 2.75) is 37.3 Å². The average Bonchev–Trinajstić information content (AvgIpc) is 2.57. The number of nitrogens with one attached hydrogen (secondary N) is 1. The van der Waals surface area contributed by atoms with Gasteiger partial charge < -0.3 is 20.1 Å². The molecule has 2 heterocycles. The van der Waals surface area contributed by atoms with E-state index in [1.807, 2.05) is 0 Å². The van der Waals surface area contributed by atoms with Gasteiger partial charge >= 0.3 is 0 Å². The third kappa shape index (κ3) is 1.94. The van der Waals surface area contributed by atoms with Crippen molar-refractivity contribution in [3.8, 4) is 0 Å². The molecule has 90 valence electrons. The van der Waals surface area contributed by atoms with Crippen LogP contribution in [0.2, 0.25) is 0 Å². The quantitative estimate of drug-likeness (QED) is 0.427. The molecule has 0 radical (unpaired) electrons. The van der Waals surface area contributed by atoms with Crippen molar-refractivity contribution in [3.63, 3.8) is 0 Å². The summed E-state index contributed by atoms with van der Waals surface area (Å²) in [7, 11) is 0. The van der Waals surface area contributed by atoms with E-state index in [4.69, 9.17) is 9.84 Å². The Bertz CT molecular complexity index is 319. The van der Waals surface area contributed by atoms with Gasteiger partial charge in [0.25, 0.3) is 0 Å². The van der Waals surface area contributed by atoms with Gasteiger partial charge in [0.05, 0.1) is 12.3 Å². The number of carbonyl (C=O) groups is 1. The van der Waals surface area contributed by atoms with Crippen LogP contribution in [-0.2, 0) is 9.53 Å². The molecule has 0 aromatic heterocycles. The van der Waals surface area contributed by atoms with Crippen molar-refractivity contribution in [2.75, 3.05) is 6.61 Å². The van der Waals surface area contributed by atoms with Crippen LogP contribution in [-0.4, -0.2) is 58.0 Å². The van der Waals surface area contributed by atoms with Gasteiger partial charge in [0.15, 0.2) is 0 Å². The van der Waals surface area contributed by atoms with E-state index in [-0.39, 0.29) is 18.9 Å². The molecule has 7 nitrogen and oxygen atoms in total. The molecule has 2 rings (SSSR count). The van der Waals surface area contributed by atoms with Crippen LogP contribution >= 0.6 is 0 Å². The van der Waals surface area contributed by atoms with E-state index in [1.54, 1.807) is 0 Å². The summed E-state index contributed by atoms with van der Waals surface area (Å²) < 4.78 is 5.28. The van der Waals surface area contributed by atoms with Crippen molar-refractivity contribution in [1.82, 2.24) is 5.43 Å². The SMILES string of the molecule is O=C1CCC([C@H]2O[C@H](CO)[C@@H](O)[C@H]2O)=NN1. The van der Waals surface area contributed by atoms with E-state index in [2.05, 4.69) is 10.5 Å². The van der Waals surface area contributed by atoms with Crippen LogP contribution in [0.5, 0.6) is 0 Å². The summed E-state index contributed by atoms with van der Waals surface area (Å²) in [6, 6.07) is 0. The first-order valence-electron chi connectivity index (χ1n) is 5.11. The number of aliphatic hydroxyl groups excluding tert-OH is 3. The second-order valence-electron chi connectivity index (χ2n) is 3.90. The Labute approximate surface area is 91.7 Å². The molecule has 2 aliphatic heterocycles. The van der Waals surface area contributed by atoms with Gasteiger partial charge in [-0.05, 0) is 6.42 Å². The van der Waals surface area contributed by atoms with E-state index < -0.39 is 24.4 Å². The van der Waals surface area contributed by atoms with Crippen molar-refractivity contribution in [1.29, 1.82) is 0 Å². The normalized spacial score (nSPS) is 39.4. The Morgan fingerprint density at radius 3 is 2.62 bits per heavy atom. The van der Waals surface area contributed by atoms with Crippen LogP contribution in [0.15, 0.2) is 5.10 Å². The number of hydrazone groups is 1. The maximum Gasteiger partial charge on any atom is 0.240 e. The lowest BCUT2D eigenvalue weighted by molar-refractivity contribution is -0.121. The maximum absolute atomic E-state index is 10.9. The van der Waals surface area contributed by atoms with E-state index in [9.17, 15) is 15.0 Å². The van der Waals surface area contributed by atoms with Gasteiger partial charge in [0.2, 0.25) is 5.91 Å². The first-order chi connectivity index (χ1) is 7.63. The second kappa shape index (κ2) is 4.46. The van der Waals surface area contributed by atoms with Crippen molar-refractivity contribution in [2.24, 2.45) is 5.10 Å². The minimum Gasteiger partial charge on any atom is -0.394 e. The highest BCUT2D eigenvalue weighted by atomic mass is 16.6. The van der Waals surface area contributed by atoms with E-state index >= 15 is 0 Å². The molecule has 7 heteroatoms. The molecular formula is C9H14N2O5. The highest BCUT2D eigenvalue weighted by Gasteiger charge is 2.45. The lowest BCUT2D eigenvalue weighted by Gasteiger charge is -2.19. The standard InChI is InChI=1S/C9H14N2O5/c12-3-5-7(14)8(15)9(16-5)4-1-2-6(13)11-10-4/h5,7-9,12,14-15H,1-3H2,(H,11,13)/t5-,7-,8-,9-/m1/s1. The Morgan fingerprint density at radius 1 is 1.38 bits per heavy atom. The topological polar surface area (TPSA) is 111 Å². The molecule has 0 aromatic rings. The summed E-state index contributed by atoms with van der Waals surface area (Å²) in [5, 5.41) is 31.9. The van der Waals surface area contributed by atoms with Gasteiger partial charge in [0.1, 0.15) is 24.4 Å². The Balaban J connectivity index is 2.08. The largest absolute Gasteiger partial charge is 0.394 e. The van der Waals surface area contributed by atoms with Crippen LogP contribution in [0.3, 0.4) is 0 Å². The average molecular weight is 230 g/mol. The van der Waals surface area contributed by atoms with E-state index in [1.165, 1.54) is 0 Å². The third-order valence-electron chi connectivity index (χ3n) is 2.80. The Morgan fingerprint density at radius 2 is 2.12 bits per heavy atom. The van der Waals surface area contributed by atoms with Crippen LogP contribution in [0, 0.1) is 0 Å². The molecule has 0 aliphatic carbocycles. The fraction of sp³-hybridized carbons (Fsp3) is 0.778. The number of carbonyl (C=O) groups excluding carboxylic acids is 1. The number of ether oxygens (including phenoxy) is 1. The number of rotatable bonds is 2. The molecular weight excluding hydrogens is 216 g/mol. The third-order valence-corrected chi connectivity index (χ3v) is 2.80. The molecule has 0 bridgehead atoms. The first-order valence-corrected chi connectivity index (χ1v) is 5.11. The minimum absolute atomic E-state index is 0.185. The zero-order valence-corrected chi connectivity index (χ0v) is 8.54. The first kappa shape index (κ1) is 11.5. The Kier molecular flexibility index (Phi) is 3.20. The van der Waals surface area contributed by atoms with Crippen molar-refractivity contribution in [3.05, 3.63) is 0 Å².